The van der Waals surface area contributed by atoms with E-state index < -0.39 is 0 Å². The van der Waals surface area contributed by atoms with Gasteiger partial charge in [0.25, 0.3) is 0 Å². The predicted molar refractivity (Wildman–Crippen MR) is 73.3 cm³/mol. The van der Waals surface area contributed by atoms with Gasteiger partial charge in [-0.3, -0.25) is 4.90 Å². The molecule has 84 valence electrons. The molecule has 1 N–H and O–H groups in total. The Morgan fingerprint density at radius 3 is 2.80 bits per heavy atom. The van der Waals surface area contributed by atoms with Gasteiger partial charge >= 0.3 is 0 Å². The van der Waals surface area contributed by atoms with Crippen molar-refractivity contribution in [3.05, 3.63) is 21.3 Å². The quantitative estimate of drug-likeness (QED) is 0.785. The first kappa shape index (κ1) is 11.6. The molecule has 0 aromatic rings. The summed E-state index contributed by atoms with van der Waals surface area (Å²) in [7, 11) is 0. The Bertz CT molecular complexity index is 277. The normalized spacial score (nSPS) is 28.5. The summed E-state index contributed by atoms with van der Waals surface area (Å²) in [6.45, 7) is 8.20. The van der Waals surface area contributed by atoms with Crippen LogP contribution in [0.25, 0.3) is 0 Å². The first-order valence-corrected chi connectivity index (χ1v) is 6.82. The molecule has 0 spiro atoms. The Kier molecular flexibility index (Phi) is 4.22. The molecule has 0 aromatic heterocycles. The van der Waals surface area contributed by atoms with Gasteiger partial charge in [0.05, 0.1) is 0 Å². The SMILES string of the molecule is C[C@H]1CC(CN2CCNCC2)=CC=C1I. The maximum atomic E-state index is 3.39. The Morgan fingerprint density at radius 1 is 1.40 bits per heavy atom. The molecular formula is C12H19IN2. The smallest absolute Gasteiger partial charge is 0.0197 e. The van der Waals surface area contributed by atoms with E-state index >= 15 is 0 Å². The third kappa shape index (κ3) is 3.29. The van der Waals surface area contributed by atoms with Crippen molar-refractivity contribution in [1.29, 1.82) is 0 Å². The number of nitrogens with zero attached hydrogens (tertiary/aromatic N) is 1. The van der Waals surface area contributed by atoms with Gasteiger partial charge in [0.2, 0.25) is 0 Å². The zero-order valence-electron chi connectivity index (χ0n) is 9.30. The van der Waals surface area contributed by atoms with Gasteiger partial charge in [-0.2, -0.15) is 0 Å². The lowest BCUT2D eigenvalue weighted by Crippen LogP contribution is -2.44. The molecule has 1 fully saturated rings. The molecule has 1 atom stereocenters. The minimum Gasteiger partial charge on any atom is -0.314 e. The highest BCUT2D eigenvalue weighted by Gasteiger charge is 2.16. The predicted octanol–water partition coefficient (Wildman–Crippen LogP) is 2.18. The van der Waals surface area contributed by atoms with E-state index in [1.165, 1.54) is 29.6 Å². The number of allylic oxidation sites excluding steroid dienone is 3. The van der Waals surface area contributed by atoms with Gasteiger partial charge in [0.1, 0.15) is 0 Å². The summed E-state index contributed by atoms with van der Waals surface area (Å²) in [5.41, 5.74) is 1.60. The van der Waals surface area contributed by atoms with E-state index in [0.29, 0.717) is 0 Å². The average Bonchev–Trinajstić information content (AvgIpc) is 2.25. The van der Waals surface area contributed by atoms with Gasteiger partial charge in [-0.05, 0) is 38.5 Å². The maximum Gasteiger partial charge on any atom is 0.0197 e. The first-order chi connectivity index (χ1) is 7.25. The molecule has 1 saturated heterocycles. The minimum atomic E-state index is 0.730. The second kappa shape index (κ2) is 5.46. The van der Waals surface area contributed by atoms with Crippen molar-refractivity contribution in [1.82, 2.24) is 10.2 Å². The molecule has 0 amide bonds. The summed E-state index contributed by atoms with van der Waals surface area (Å²) < 4.78 is 1.50. The maximum absolute atomic E-state index is 3.39. The van der Waals surface area contributed by atoms with E-state index in [1.54, 1.807) is 5.57 Å². The zero-order valence-corrected chi connectivity index (χ0v) is 11.5. The fourth-order valence-corrected chi connectivity index (χ4v) is 2.59. The minimum absolute atomic E-state index is 0.730. The van der Waals surface area contributed by atoms with E-state index in [4.69, 9.17) is 0 Å². The number of piperazine rings is 1. The standard InChI is InChI=1S/C12H19IN2/c1-10-8-11(2-3-12(10)13)9-15-6-4-14-5-7-15/h2-3,10,14H,4-9H2,1H3/t10-/m0/s1. The number of hydrogen-bond donors (Lipinski definition) is 1. The van der Waals surface area contributed by atoms with Crippen LogP contribution in [0.3, 0.4) is 0 Å². The van der Waals surface area contributed by atoms with Crippen LogP contribution >= 0.6 is 22.6 Å². The number of hydrogen-bond acceptors (Lipinski definition) is 2. The molecule has 0 radical (unpaired) electrons. The third-order valence-electron chi connectivity index (χ3n) is 3.15. The van der Waals surface area contributed by atoms with Crippen molar-refractivity contribution in [2.75, 3.05) is 32.7 Å². The molecule has 2 rings (SSSR count). The van der Waals surface area contributed by atoms with Crippen molar-refractivity contribution in [3.8, 4) is 0 Å². The van der Waals surface area contributed by atoms with Gasteiger partial charge in [0, 0.05) is 32.7 Å². The second-order valence-corrected chi connectivity index (χ2v) is 5.75. The number of rotatable bonds is 2. The summed E-state index contributed by atoms with van der Waals surface area (Å²) in [4.78, 5) is 2.56. The van der Waals surface area contributed by atoms with Crippen LogP contribution < -0.4 is 5.32 Å². The summed E-state index contributed by atoms with van der Waals surface area (Å²) in [5, 5.41) is 3.39. The Balaban J connectivity index is 1.89. The average molecular weight is 318 g/mol. The van der Waals surface area contributed by atoms with E-state index in [1.807, 2.05) is 0 Å². The molecule has 15 heavy (non-hydrogen) atoms. The van der Waals surface area contributed by atoms with Crippen molar-refractivity contribution < 1.29 is 0 Å². The largest absolute Gasteiger partial charge is 0.314 e. The summed E-state index contributed by atoms with van der Waals surface area (Å²) in [6.07, 6.45) is 5.86. The Morgan fingerprint density at radius 2 is 2.13 bits per heavy atom. The van der Waals surface area contributed by atoms with E-state index in [0.717, 1.165) is 19.0 Å². The fraction of sp³-hybridized carbons (Fsp3) is 0.667. The topological polar surface area (TPSA) is 15.3 Å². The fourth-order valence-electron chi connectivity index (χ4n) is 2.19. The first-order valence-electron chi connectivity index (χ1n) is 5.74. The molecule has 2 aliphatic rings. The van der Waals surface area contributed by atoms with Crippen LogP contribution in [-0.2, 0) is 0 Å². The van der Waals surface area contributed by atoms with Crippen molar-refractivity contribution in [2.45, 2.75) is 13.3 Å². The zero-order chi connectivity index (χ0) is 10.7. The highest BCUT2D eigenvalue weighted by molar-refractivity contribution is 14.1. The van der Waals surface area contributed by atoms with Crippen molar-refractivity contribution >= 4 is 22.6 Å². The molecule has 1 aliphatic heterocycles. The summed E-state index contributed by atoms with van der Waals surface area (Å²) in [5.74, 6) is 0.730. The molecule has 0 saturated carbocycles. The van der Waals surface area contributed by atoms with Crippen LogP contribution in [-0.4, -0.2) is 37.6 Å². The van der Waals surface area contributed by atoms with Gasteiger partial charge in [-0.25, -0.2) is 0 Å². The lowest BCUT2D eigenvalue weighted by molar-refractivity contribution is 0.256. The third-order valence-corrected chi connectivity index (χ3v) is 4.58. The molecular weight excluding hydrogens is 299 g/mol. The second-order valence-electron chi connectivity index (χ2n) is 4.51. The van der Waals surface area contributed by atoms with Crippen molar-refractivity contribution in [3.63, 3.8) is 0 Å². The summed E-state index contributed by atoms with van der Waals surface area (Å²) >= 11 is 2.46. The molecule has 0 unspecified atom stereocenters. The number of halogens is 1. The van der Waals surface area contributed by atoms with E-state index in [9.17, 15) is 0 Å². The Hall–Kier alpha value is 0.130. The van der Waals surface area contributed by atoms with Crippen LogP contribution in [0.15, 0.2) is 21.3 Å². The summed E-state index contributed by atoms with van der Waals surface area (Å²) in [6, 6.07) is 0. The molecule has 0 aromatic carbocycles. The van der Waals surface area contributed by atoms with Crippen LogP contribution in [0.1, 0.15) is 13.3 Å². The highest BCUT2D eigenvalue weighted by atomic mass is 127. The molecule has 2 nitrogen and oxygen atoms in total. The van der Waals surface area contributed by atoms with Crippen LogP contribution in [0, 0.1) is 5.92 Å². The number of nitrogens with one attached hydrogen (secondary N) is 1. The van der Waals surface area contributed by atoms with Gasteiger partial charge in [0.15, 0.2) is 0 Å². The Labute approximate surface area is 106 Å². The lowest BCUT2D eigenvalue weighted by Gasteiger charge is -2.29. The highest BCUT2D eigenvalue weighted by Crippen LogP contribution is 2.29. The van der Waals surface area contributed by atoms with Gasteiger partial charge in [-0.1, -0.05) is 24.6 Å². The monoisotopic (exact) mass is 318 g/mol. The van der Waals surface area contributed by atoms with Gasteiger partial charge in [-0.15, -0.1) is 0 Å². The molecule has 0 bridgehead atoms. The van der Waals surface area contributed by atoms with Crippen LogP contribution in [0.4, 0.5) is 0 Å². The molecule has 1 aliphatic carbocycles. The van der Waals surface area contributed by atoms with Crippen molar-refractivity contribution in [2.24, 2.45) is 5.92 Å². The van der Waals surface area contributed by atoms with Crippen LogP contribution in [0.2, 0.25) is 0 Å². The molecule has 1 heterocycles. The lowest BCUT2D eigenvalue weighted by atomic mass is 9.95. The van der Waals surface area contributed by atoms with E-state index in [-0.39, 0.29) is 0 Å². The molecule has 3 heteroatoms. The van der Waals surface area contributed by atoms with Crippen LogP contribution in [0.5, 0.6) is 0 Å². The van der Waals surface area contributed by atoms with E-state index in [2.05, 4.69) is 51.9 Å². The van der Waals surface area contributed by atoms with Gasteiger partial charge < -0.3 is 5.32 Å².